The third kappa shape index (κ3) is 32.0. The van der Waals surface area contributed by atoms with E-state index in [9.17, 15) is 119 Å². The summed E-state index contributed by atoms with van der Waals surface area (Å²) >= 11 is 0.588. The van der Waals surface area contributed by atoms with E-state index in [2.05, 4.69) is 41.8 Å². The van der Waals surface area contributed by atoms with Gasteiger partial charge < -0.3 is 66.7 Å². The smallest absolute Gasteiger partial charge is 0.326 e. The summed E-state index contributed by atoms with van der Waals surface area (Å²) < 4.78 is 175. The van der Waals surface area contributed by atoms with Crippen molar-refractivity contribution >= 4 is 137 Å². The van der Waals surface area contributed by atoms with Crippen molar-refractivity contribution in [2.75, 3.05) is 74.3 Å². The number of nitrogens with one attached hydrogen (secondary N) is 4. The van der Waals surface area contributed by atoms with Gasteiger partial charge in [0.1, 0.15) is 36.2 Å². The highest BCUT2D eigenvalue weighted by Gasteiger charge is 2.46. The van der Waals surface area contributed by atoms with Gasteiger partial charge in [-0.25, -0.2) is 23.1 Å². The second kappa shape index (κ2) is 49.4. The summed E-state index contributed by atoms with van der Waals surface area (Å²) in [7, 11) is -22.0. The van der Waals surface area contributed by atoms with Crippen molar-refractivity contribution in [2.24, 2.45) is 10.9 Å². The van der Waals surface area contributed by atoms with Crippen molar-refractivity contribution in [3.8, 4) is 11.5 Å². The van der Waals surface area contributed by atoms with Crippen molar-refractivity contribution in [1.82, 2.24) is 46.0 Å². The summed E-state index contributed by atoms with van der Waals surface area (Å²) in [4.78, 5) is 109. The predicted molar refractivity (Wildman–Crippen MR) is 523 cm³/mol. The van der Waals surface area contributed by atoms with Crippen LogP contribution in [0.15, 0.2) is 171 Å². The number of aryl methyl sites for hydroxylation is 3. The second-order valence-corrected chi connectivity index (χ2v) is 44.8. The Labute approximate surface area is 827 Å². The molecule has 4 heterocycles. The summed E-state index contributed by atoms with van der Waals surface area (Å²) in [5.41, 5.74) is 13.5. The Hall–Kier alpha value is -11.9. The van der Waals surface area contributed by atoms with Gasteiger partial charge in [-0.1, -0.05) is 98.0 Å². The number of allylic oxidation sites excluding steroid dienone is 8. The topological polar surface area (TPSA) is 654 Å². The number of hydrogen-bond acceptors (Lipinski definition) is 28. The van der Waals surface area contributed by atoms with Crippen molar-refractivity contribution in [3.63, 3.8) is 0 Å². The maximum Gasteiger partial charge on any atom is 0.326 e. The summed E-state index contributed by atoms with van der Waals surface area (Å²) in [6.45, 7) is 9.70. The van der Waals surface area contributed by atoms with Gasteiger partial charge in [0.2, 0.25) is 50.6 Å². The molecule has 0 fully saturated rings. The van der Waals surface area contributed by atoms with E-state index >= 15 is 0 Å². The van der Waals surface area contributed by atoms with Crippen LogP contribution in [0.4, 0.5) is 16.5 Å². The Bertz CT molecular complexity index is 6500. The number of carbonyl (C=O) groups is 8. The van der Waals surface area contributed by atoms with Crippen molar-refractivity contribution in [2.45, 2.75) is 225 Å². The van der Waals surface area contributed by atoms with Crippen LogP contribution < -0.4 is 37.0 Å². The van der Waals surface area contributed by atoms with Crippen LogP contribution in [0.25, 0.3) is 5.57 Å². The molecule has 1 aliphatic carbocycles. The SMILES string of the molecule is CC1(C)C(/C=C/C2=C(c3ccc(CCCCC(=O)NCCOCCOCCN(C(=O)C[C@H](NC(=O)C[C@H](NC(=O)CCC(C)(c4ccc(O)cc4)c4ccc(O)cc4)C(=O)O)C(=O)O)[C@@H](CCCCn4cc(CCCC(=O)Nc5nnc(S(N)(=O)=O)s5)nn4)C(N)=O)cc3)C(=C/C=C3/N(CCCCS(=O)(=O)O)c4ccc(S(=O)(=O)O)cc4C3(C)C)/CCC2)=[N+](CCCCS(=O)(=O)O)c2ccc(S(=O)(=O)O)cc21. The first-order chi connectivity index (χ1) is 66.8. The second-order valence-electron chi connectivity index (χ2n) is 36.1. The van der Waals surface area contributed by atoms with Gasteiger partial charge in [-0.3, -0.25) is 51.7 Å². The van der Waals surface area contributed by atoms with Gasteiger partial charge in [0.15, 0.2) is 5.71 Å². The number of carbonyl (C=O) groups excluding carboxylic acids is 6. The molecule has 142 heavy (non-hydrogen) atoms. The zero-order chi connectivity index (χ0) is 104. The number of nitrogens with two attached hydrogens (primary N) is 2. The molecule has 6 amide bonds. The number of anilines is 2. The average Bonchev–Trinajstić information content (AvgIpc) is 1.59. The predicted octanol–water partition coefficient (Wildman–Crippen LogP) is 8.28. The Morgan fingerprint density at radius 2 is 1.21 bits per heavy atom. The number of rotatable bonds is 56. The molecule has 0 saturated carbocycles. The van der Waals surface area contributed by atoms with Gasteiger partial charge in [-0.05, 0) is 215 Å². The highest BCUT2D eigenvalue weighted by atomic mass is 32.3. The van der Waals surface area contributed by atoms with Gasteiger partial charge >= 0.3 is 11.9 Å². The minimum atomic E-state index is -4.64. The van der Waals surface area contributed by atoms with Gasteiger partial charge in [0.05, 0.1) is 71.7 Å². The maximum absolute atomic E-state index is 14.5. The minimum absolute atomic E-state index is 0.00184. The number of fused-ring (bicyclic) bond motifs is 2. The third-order valence-electron chi connectivity index (χ3n) is 24.9. The number of aromatic hydroxyl groups is 2. The number of nitrogens with zero attached hydrogens (tertiary/aromatic N) is 8. The largest absolute Gasteiger partial charge is 0.508 e. The van der Waals surface area contributed by atoms with Gasteiger partial charge in [-0.2, -0.15) is 38.2 Å². The van der Waals surface area contributed by atoms with E-state index in [0.29, 0.717) is 121 Å². The fraction of sp³-hybridized carbons (Fsp3) is 0.457. The minimum Gasteiger partial charge on any atom is -0.508 e. The lowest BCUT2D eigenvalue weighted by Gasteiger charge is -2.31. The van der Waals surface area contributed by atoms with E-state index in [0.717, 1.165) is 44.2 Å². The number of benzene rings is 5. The number of phenols is 2. The van der Waals surface area contributed by atoms with Crippen molar-refractivity contribution in [3.05, 3.63) is 196 Å². The lowest BCUT2D eigenvalue weighted by molar-refractivity contribution is -0.438. The molecule has 7 aromatic rings. The molecule has 0 bridgehead atoms. The molecule has 0 spiro atoms. The molecule has 0 unspecified atom stereocenters. The quantitative estimate of drug-likeness (QED) is 0.00737. The number of ether oxygens (including phenoxy) is 2. The molecule has 3 atom stereocenters. The van der Waals surface area contributed by atoms with Crippen LogP contribution in [0.3, 0.4) is 0 Å². The van der Waals surface area contributed by atoms with Crippen LogP contribution in [0, 0.1) is 0 Å². The summed E-state index contributed by atoms with van der Waals surface area (Å²) in [5, 5.41) is 70.9. The van der Waals surface area contributed by atoms with E-state index in [1.54, 1.807) is 49.5 Å². The number of carboxylic acids is 2. The van der Waals surface area contributed by atoms with Crippen LogP contribution in [-0.2, 0) is 134 Å². The summed E-state index contributed by atoms with van der Waals surface area (Å²) in [5.74, 6) is -9.04. The summed E-state index contributed by atoms with van der Waals surface area (Å²) in [6, 6.07) is 23.7. The first-order valence-electron chi connectivity index (χ1n) is 46.0. The first kappa shape index (κ1) is 112. The highest BCUT2D eigenvalue weighted by Crippen LogP contribution is 2.50. The number of hydrogen-bond donors (Lipinski definition) is 14. The number of carboxylic acid groups (broad SMARTS) is 2. The fourth-order valence-electron chi connectivity index (χ4n) is 17.4. The third-order valence-corrected chi connectivity index (χ3v) is 30.4. The van der Waals surface area contributed by atoms with Crippen molar-refractivity contribution in [1.29, 1.82) is 0 Å². The first-order valence-corrected chi connectivity index (χ1v) is 54.4. The molecular formula is C94H121N14O28S6+. The Morgan fingerprint density at radius 1 is 0.613 bits per heavy atom. The molecule has 0 saturated heterocycles. The summed E-state index contributed by atoms with van der Waals surface area (Å²) in [6.07, 6.45) is 13.0. The van der Waals surface area contributed by atoms with E-state index in [-0.39, 0.29) is 143 Å². The maximum atomic E-state index is 14.5. The molecule has 42 nitrogen and oxygen atoms in total. The molecular weight excluding hydrogens is 1970 g/mol. The monoisotopic (exact) mass is 2090 g/mol. The molecule has 10 rings (SSSR count). The fourth-order valence-corrected chi connectivity index (χ4v) is 20.9. The van der Waals surface area contributed by atoms with E-state index in [1.165, 1.54) is 53.2 Å². The number of primary sulfonamides is 1. The Morgan fingerprint density at radius 3 is 1.82 bits per heavy atom. The number of aliphatic carboxylic acids is 2. The number of phenolic OH excluding ortho intramolecular Hbond substituents is 2. The lowest BCUT2D eigenvalue weighted by Crippen LogP contribution is -2.52. The number of primary amides is 1. The zero-order valence-electron chi connectivity index (χ0n) is 79.1. The average molecular weight is 2090 g/mol. The van der Waals surface area contributed by atoms with E-state index < -0.39 is 155 Å². The standard InChI is InChI=1S/C94H120N14O28S6/c1-92(2)72-56-70(141(129,130)131)37-39-76(72)106(47-10-12-54-138(121,122)123)79(92)41-27-62-17-14-18-63(28-42-80-93(3,4)73-57-71(142(132,133)134)38-40-77(73)107(80)48-11-13-55-139(124,125)126)86(62)64-25-23-61(24-26-64)16-6-7-21-81(111)97-45-50-135-52-53-136-51-49-108(78(87(95)116)20-8-9-46-105-60-67(101-104-105)19-15-22-82(112)100-90-102-103-91(137-90)140(96,127)128)85(115)59-75(89(119)120)99-84(114)58-74(88(117)118)98-83(113)43-44-94(5,65-29-33-68(109)34-30-65)66-31-35-69(110)36-32-66/h23-42,56-57,60,74-75,78H,6-22,43-55,58-59H2,1-5H3,(H15-,95,96,97,98,99,100,102,109,110,111,112,113,114,116,117,118,119,120,121,122,123,124,125,126,127,128,129,130,131,132,133,134)/p+1/t74-,75-,78-/m0/s1. The number of sulfonamides is 1. The molecule has 48 heteroatoms. The normalized spacial score (nSPS) is 15.7. The van der Waals surface area contributed by atoms with E-state index in [4.69, 9.17) is 20.3 Å². The van der Waals surface area contributed by atoms with Crippen molar-refractivity contribution < 1.29 is 133 Å². The molecule has 3 aliphatic rings. The van der Waals surface area contributed by atoms with Crippen LogP contribution >= 0.6 is 11.3 Å². The number of aromatic nitrogens is 5. The molecule has 0 radical (unpaired) electrons. The highest BCUT2D eigenvalue weighted by molar-refractivity contribution is 7.91. The number of amides is 6. The molecule has 2 aliphatic heterocycles. The lowest BCUT2D eigenvalue weighted by atomic mass is 9.73. The van der Waals surface area contributed by atoms with E-state index in [1.807, 2.05) is 85.7 Å². The van der Waals surface area contributed by atoms with Crippen LogP contribution in [0.2, 0.25) is 0 Å². The molecule has 16 N–H and O–H groups in total. The van der Waals surface area contributed by atoms with Crippen LogP contribution in [0.5, 0.6) is 11.5 Å². The van der Waals surface area contributed by atoms with Crippen LogP contribution in [0.1, 0.15) is 196 Å². The molecule has 2 aromatic heterocycles. The Balaban J connectivity index is 0.761. The zero-order valence-corrected chi connectivity index (χ0v) is 84.0. The molecule has 770 valence electrons. The van der Waals surface area contributed by atoms with Crippen LogP contribution in [-0.4, -0.2) is 251 Å². The molecule has 5 aromatic carbocycles. The number of unbranched alkanes of at least 4 members (excludes halogenated alkanes) is 4. The van der Waals surface area contributed by atoms with Gasteiger partial charge in [0, 0.05) is 98.0 Å². The Kier molecular flexibility index (Phi) is 38.9. The van der Waals surface area contributed by atoms with Gasteiger partial charge in [-0.15, -0.1) is 15.3 Å². The van der Waals surface area contributed by atoms with Gasteiger partial charge in [0.25, 0.3) is 50.5 Å².